The zero-order valence-corrected chi connectivity index (χ0v) is 7.91. The van der Waals surface area contributed by atoms with Gasteiger partial charge in [-0.25, -0.2) is 0 Å². The predicted molar refractivity (Wildman–Crippen MR) is 52.2 cm³/mol. The SMILES string of the molecule is O=C1C=Cc2ccccc2C1Br. The van der Waals surface area contributed by atoms with Gasteiger partial charge < -0.3 is 0 Å². The molecule has 0 spiro atoms. The van der Waals surface area contributed by atoms with Crippen LogP contribution >= 0.6 is 15.9 Å². The van der Waals surface area contributed by atoms with Crippen molar-refractivity contribution in [3.63, 3.8) is 0 Å². The molecule has 1 unspecified atom stereocenters. The molecule has 0 bridgehead atoms. The number of benzene rings is 1. The number of fused-ring (bicyclic) bond motifs is 1. The van der Waals surface area contributed by atoms with E-state index >= 15 is 0 Å². The van der Waals surface area contributed by atoms with Crippen LogP contribution in [0.5, 0.6) is 0 Å². The molecule has 1 atom stereocenters. The van der Waals surface area contributed by atoms with E-state index in [0.29, 0.717) is 0 Å². The van der Waals surface area contributed by atoms with E-state index in [0.717, 1.165) is 11.1 Å². The molecule has 1 nitrogen and oxygen atoms in total. The van der Waals surface area contributed by atoms with Gasteiger partial charge >= 0.3 is 0 Å². The molecule has 0 saturated carbocycles. The summed E-state index contributed by atoms with van der Waals surface area (Å²) in [5, 5.41) is 0. The second-order valence-corrected chi connectivity index (χ2v) is 3.64. The Morgan fingerprint density at radius 3 is 2.75 bits per heavy atom. The van der Waals surface area contributed by atoms with Crippen LogP contribution in [-0.2, 0) is 4.79 Å². The summed E-state index contributed by atoms with van der Waals surface area (Å²) in [6, 6.07) is 7.89. The molecule has 1 aromatic carbocycles. The third-order valence-electron chi connectivity index (χ3n) is 1.95. The summed E-state index contributed by atoms with van der Waals surface area (Å²) in [5.41, 5.74) is 2.18. The largest absolute Gasteiger partial charge is 0.293 e. The van der Waals surface area contributed by atoms with Gasteiger partial charge in [0.15, 0.2) is 5.78 Å². The van der Waals surface area contributed by atoms with Crippen molar-refractivity contribution < 1.29 is 4.79 Å². The van der Waals surface area contributed by atoms with Gasteiger partial charge in [0.2, 0.25) is 0 Å². The highest BCUT2D eigenvalue weighted by Gasteiger charge is 2.19. The van der Waals surface area contributed by atoms with Crippen LogP contribution in [0.2, 0.25) is 0 Å². The van der Waals surface area contributed by atoms with Gasteiger partial charge in [0.05, 0.1) is 0 Å². The summed E-state index contributed by atoms with van der Waals surface area (Å²) in [4.78, 5) is 11.1. The highest BCUT2D eigenvalue weighted by atomic mass is 79.9. The van der Waals surface area contributed by atoms with Gasteiger partial charge in [-0.05, 0) is 17.2 Å². The van der Waals surface area contributed by atoms with E-state index in [1.807, 2.05) is 30.3 Å². The fraction of sp³-hybridized carbons (Fsp3) is 0.100. The molecule has 1 aliphatic rings. The molecule has 2 rings (SSSR count). The van der Waals surface area contributed by atoms with Crippen molar-refractivity contribution >= 4 is 27.8 Å². The number of halogens is 1. The molecule has 1 aromatic rings. The predicted octanol–water partition coefficient (Wildman–Crippen LogP) is 2.72. The monoisotopic (exact) mass is 222 g/mol. The van der Waals surface area contributed by atoms with Crippen LogP contribution in [0, 0.1) is 0 Å². The average Bonchev–Trinajstić information content (AvgIpc) is 2.12. The van der Waals surface area contributed by atoms with Gasteiger partial charge in [-0.1, -0.05) is 46.3 Å². The maximum atomic E-state index is 11.2. The lowest BCUT2D eigenvalue weighted by atomic mass is 9.97. The van der Waals surface area contributed by atoms with E-state index in [1.54, 1.807) is 6.08 Å². The Bertz CT molecular complexity index is 355. The molecule has 0 aromatic heterocycles. The molecule has 0 radical (unpaired) electrons. The molecule has 2 heteroatoms. The third-order valence-corrected chi connectivity index (χ3v) is 2.89. The molecule has 60 valence electrons. The van der Waals surface area contributed by atoms with E-state index in [2.05, 4.69) is 15.9 Å². The first kappa shape index (κ1) is 7.74. The number of hydrogen-bond acceptors (Lipinski definition) is 1. The van der Waals surface area contributed by atoms with Gasteiger partial charge in [-0.15, -0.1) is 0 Å². The molecule has 0 saturated heterocycles. The van der Waals surface area contributed by atoms with Crippen LogP contribution in [-0.4, -0.2) is 5.78 Å². The molecular weight excluding hydrogens is 216 g/mol. The van der Waals surface area contributed by atoms with E-state index in [1.165, 1.54) is 0 Å². The molecular formula is C10H7BrO. The molecule has 0 heterocycles. The zero-order valence-electron chi connectivity index (χ0n) is 6.33. The van der Waals surface area contributed by atoms with Crippen molar-refractivity contribution in [2.24, 2.45) is 0 Å². The zero-order chi connectivity index (χ0) is 8.55. The van der Waals surface area contributed by atoms with Gasteiger partial charge in [0.25, 0.3) is 0 Å². The molecule has 0 fully saturated rings. The van der Waals surface area contributed by atoms with Crippen molar-refractivity contribution in [1.29, 1.82) is 0 Å². The summed E-state index contributed by atoms with van der Waals surface area (Å²) in [7, 11) is 0. The number of carbonyl (C=O) groups excluding carboxylic acids is 1. The Labute approximate surface area is 79.2 Å². The Kier molecular flexibility index (Phi) is 1.85. The average molecular weight is 223 g/mol. The minimum Gasteiger partial charge on any atom is -0.293 e. The summed E-state index contributed by atoms with van der Waals surface area (Å²) in [6.45, 7) is 0. The van der Waals surface area contributed by atoms with E-state index in [9.17, 15) is 4.79 Å². The van der Waals surface area contributed by atoms with Gasteiger partial charge in [0, 0.05) is 0 Å². The highest BCUT2D eigenvalue weighted by molar-refractivity contribution is 9.09. The Morgan fingerprint density at radius 2 is 1.92 bits per heavy atom. The number of ketones is 1. The maximum Gasteiger partial charge on any atom is 0.173 e. The molecule has 0 N–H and O–H groups in total. The van der Waals surface area contributed by atoms with Crippen molar-refractivity contribution in [3.8, 4) is 0 Å². The number of rotatable bonds is 0. The molecule has 0 amide bonds. The summed E-state index contributed by atoms with van der Waals surface area (Å²) in [6.07, 6.45) is 3.47. The standard InChI is InChI=1S/C10H7BrO/c11-10-8-4-2-1-3-7(8)5-6-9(10)12/h1-6,10H. The smallest absolute Gasteiger partial charge is 0.173 e. The van der Waals surface area contributed by atoms with Crippen molar-refractivity contribution in [1.82, 2.24) is 0 Å². The Morgan fingerprint density at radius 1 is 1.17 bits per heavy atom. The maximum absolute atomic E-state index is 11.2. The number of alkyl halides is 1. The highest BCUT2D eigenvalue weighted by Crippen LogP contribution is 2.31. The minimum absolute atomic E-state index is 0.119. The van der Waals surface area contributed by atoms with Crippen molar-refractivity contribution in [2.75, 3.05) is 0 Å². The topological polar surface area (TPSA) is 17.1 Å². The lowest BCUT2D eigenvalue weighted by Gasteiger charge is -2.14. The third kappa shape index (κ3) is 1.12. The fourth-order valence-electron chi connectivity index (χ4n) is 1.30. The first-order valence-electron chi connectivity index (χ1n) is 3.74. The van der Waals surface area contributed by atoms with E-state index in [4.69, 9.17) is 0 Å². The first-order valence-corrected chi connectivity index (χ1v) is 4.65. The summed E-state index contributed by atoms with van der Waals surface area (Å²) in [5.74, 6) is 0.119. The van der Waals surface area contributed by atoms with Crippen molar-refractivity contribution in [3.05, 3.63) is 41.5 Å². The number of hydrogen-bond donors (Lipinski definition) is 0. The molecule has 1 aliphatic carbocycles. The normalized spacial score (nSPS) is 20.8. The number of allylic oxidation sites excluding steroid dienone is 1. The minimum atomic E-state index is -0.154. The van der Waals surface area contributed by atoms with Crippen LogP contribution < -0.4 is 0 Å². The Balaban J connectivity index is 2.59. The summed E-state index contributed by atoms with van der Waals surface area (Å²) >= 11 is 3.35. The van der Waals surface area contributed by atoms with Gasteiger partial charge in [-0.2, -0.15) is 0 Å². The fourth-order valence-corrected chi connectivity index (χ4v) is 1.87. The van der Waals surface area contributed by atoms with Gasteiger partial charge in [0.1, 0.15) is 4.83 Å². The quantitative estimate of drug-likeness (QED) is 0.618. The van der Waals surface area contributed by atoms with Crippen molar-refractivity contribution in [2.45, 2.75) is 4.83 Å². The molecule has 0 aliphatic heterocycles. The second-order valence-electron chi connectivity index (χ2n) is 2.73. The lowest BCUT2D eigenvalue weighted by molar-refractivity contribution is -0.114. The van der Waals surface area contributed by atoms with Crippen LogP contribution in [0.1, 0.15) is 16.0 Å². The number of carbonyl (C=O) groups is 1. The van der Waals surface area contributed by atoms with Crippen LogP contribution in [0.25, 0.3) is 6.08 Å². The first-order chi connectivity index (χ1) is 5.79. The summed E-state index contributed by atoms with van der Waals surface area (Å²) < 4.78 is 0. The van der Waals surface area contributed by atoms with Crippen LogP contribution in [0.4, 0.5) is 0 Å². The Hall–Kier alpha value is -0.890. The van der Waals surface area contributed by atoms with Crippen LogP contribution in [0.15, 0.2) is 30.3 Å². The molecule has 12 heavy (non-hydrogen) atoms. The van der Waals surface area contributed by atoms with Gasteiger partial charge in [-0.3, -0.25) is 4.79 Å². The van der Waals surface area contributed by atoms with Crippen LogP contribution in [0.3, 0.4) is 0 Å². The van der Waals surface area contributed by atoms with E-state index in [-0.39, 0.29) is 10.6 Å². The lowest BCUT2D eigenvalue weighted by Crippen LogP contribution is -2.08. The van der Waals surface area contributed by atoms with E-state index < -0.39 is 0 Å². The second kappa shape index (κ2) is 2.87.